The van der Waals surface area contributed by atoms with Gasteiger partial charge < -0.3 is 19.4 Å². The van der Waals surface area contributed by atoms with E-state index in [0.717, 1.165) is 21.6 Å². The fourth-order valence-electron chi connectivity index (χ4n) is 2.62. The van der Waals surface area contributed by atoms with Crippen molar-refractivity contribution in [2.45, 2.75) is 6.54 Å². The molecule has 0 unspecified atom stereocenters. The Labute approximate surface area is 154 Å². The van der Waals surface area contributed by atoms with E-state index in [4.69, 9.17) is 4.74 Å². The van der Waals surface area contributed by atoms with Gasteiger partial charge in [0.05, 0.1) is 19.4 Å². The number of thiazole rings is 1. The zero-order chi connectivity index (χ0) is 18.5. The number of rotatable bonds is 7. The maximum absolute atomic E-state index is 12.1. The number of methoxy groups -OCH3 is 2. The number of esters is 1. The number of benzene rings is 1. The van der Waals surface area contributed by atoms with E-state index in [1.54, 1.807) is 12.5 Å². The maximum Gasteiger partial charge on any atom is 0.325 e. The van der Waals surface area contributed by atoms with Gasteiger partial charge in [0.2, 0.25) is 0 Å². The molecular weight excluding hydrogens is 354 g/mol. The van der Waals surface area contributed by atoms with Crippen LogP contribution in [-0.2, 0) is 20.8 Å². The van der Waals surface area contributed by atoms with Crippen LogP contribution in [0.3, 0.4) is 0 Å². The fraction of sp³-hybridized carbons (Fsp3) is 0.278. The zero-order valence-electron chi connectivity index (χ0n) is 14.5. The van der Waals surface area contributed by atoms with E-state index in [9.17, 15) is 9.59 Å². The highest BCUT2D eigenvalue weighted by Gasteiger charge is 2.17. The predicted molar refractivity (Wildman–Crippen MR) is 99.3 cm³/mol. The molecule has 1 N–H and O–H groups in total. The van der Waals surface area contributed by atoms with Crippen LogP contribution in [-0.4, -0.2) is 48.8 Å². The lowest BCUT2D eigenvalue weighted by molar-refractivity contribution is -0.139. The molecule has 26 heavy (non-hydrogen) atoms. The van der Waals surface area contributed by atoms with Crippen LogP contribution < -0.4 is 5.32 Å². The molecule has 0 fully saturated rings. The second kappa shape index (κ2) is 8.11. The summed E-state index contributed by atoms with van der Waals surface area (Å²) >= 11 is 1.38. The van der Waals surface area contributed by atoms with E-state index < -0.39 is 11.9 Å². The molecule has 0 saturated carbocycles. The minimum absolute atomic E-state index is 0.184. The van der Waals surface area contributed by atoms with Crippen molar-refractivity contribution < 1.29 is 19.1 Å². The molecule has 0 aliphatic carbocycles. The number of carbonyl (C=O) groups is 2. The number of carbonyl (C=O) groups excluding carboxylic acids is 2. The molecule has 8 heteroatoms. The molecule has 0 radical (unpaired) electrons. The van der Waals surface area contributed by atoms with Gasteiger partial charge in [-0.2, -0.15) is 0 Å². The van der Waals surface area contributed by atoms with E-state index in [1.807, 2.05) is 24.3 Å². The van der Waals surface area contributed by atoms with Crippen molar-refractivity contribution in [1.82, 2.24) is 14.9 Å². The minimum atomic E-state index is -0.506. The van der Waals surface area contributed by atoms with Gasteiger partial charge in [0.15, 0.2) is 0 Å². The average Bonchev–Trinajstić information content (AvgIpc) is 3.28. The molecule has 3 rings (SSSR count). The van der Waals surface area contributed by atoms with Crippen LogP contribution in [0, 0.1) is 0 Å². The van der Waals surface area contributed by atoms with Crippen LogP contribution in [0.1, 0.15) is 10.5 Å². The molecule has 1 aromatic carbocycles. The molecule has 2 heterocycles. The number of para-hydroxylation sites is 1. The van der Waals surface area contributed by atoms with Crippen molar-refractivity contribution in [2.24, 2.45) is 0 Å². The highest BCUT2D eigenvalue weighted by Crippen LogP contribution is 2.30. The second-order valence-corrected chi connectivity index (χ2v) is 6.39. The molecule has 0 aliphatic heterocycles. The maximum atomic E-state index is 12.1. The summed E-state index contributed by atoms with van der Waals surface area (Å²) in [6, 6.07) is 10.1. The molecule has 1 amide bonds. The van der Waals surface area contributed by atoms with Gasteiger partial charge in [0.1, 0.15) is 17.2 Å². The summed E-state index contributed by atoms with van der Waals surface area (Å²) in [6.45, 7) is 1.07. The molecule has 136 valence electrons. The van der Waals surface area contributed by atoms with Crippen molar-refractivity contribution in [3.05, 3.63) is 41.4 Å². The van der Waals surface area contributed by atoms with Crippen molar-refractivity contribution in [3.63, 3.8) is 0 Å². The van der Waals surface area contributed by atoms with Crippen molar-refractivity contribution in [1.29, 1.82) is 0 Å². The van der Waals surface area contributed by atoms with Crippen molar-refractivity contribution in [2.75, 3.05) is 27.4 Å². The largest absolute Gasteiger partial charge is 0.468 e. The lowest BCUT2D eigenvalue weighted by Gasteiger charge is -2.08. The first-order valence-electron chi connectivity index (χ1n) is 8.02. The molecule has 0 spiro atoms. The Balaban J connectivity index is 1.88. The highest BCUT2D eigenvalue weighted by molar-refractivity contribution is 7.13. The molecule has 7 nitrogen and oxygen atoms in total. The summed E-state index contributed by atoms with van der Waals surface area (Å²) in [4.78, 5) is 27.7. The third-order valence-electron chi connectivity index (χ3n) is 3.91. The predicted octanol–water partition coefficient (Wildman–Crippen LogP) is 2.31. The topological polar surface area (TPSA) is 82.5 Å². The number of aromatic nitrogens is 2. The first-order chi connectivity index (χ1) is 12.6. The summed E-state index contributed by atoms with van der Waals surface area (Å²) < 4.78 is 11.9. The van der Waals surface area contributed by atoms with E-state index in [1.165, 1.54) is 18.4 Å². The van der Waals surface area contributed by atoms with Crippen molar-refractivity contribution in [3.8, 4) is 10.7 Å². The van der Waals surface area contributed by atoms with Crippen molar-refractivity contribution >= 4 is 34.1 Å². The second-order valence-electron chi connectivity index (χ2n) is 5.53. The Bertz CT molecular complexity index is 932. The van der Waals surface area contributed by atoms with E-state index in [-0.39, 0.29) is 12.2 Å². The number of ether oxygens (including phenoxy) is 2. The Kier molecular flexibility index (Phi) is 5.65. The van der Waals surface area contributed by atoms with Gasteiger partial charge in [-0.1, -0.05) is 18.2 Å². The van der Waals surface area contributed by atoms with Crippen LogP contribution in [0.2, 0.25) is 0 Å². The third-order valence-corrected chi connectivity index (χ3v) is 4.77. The number of hydrogen-bond acceptors (Lipinski definition) is 6. The SMILES string of the molecule is COCCn1c(-c2nc(C(=O)NCC(=O)OC)cs2)cc2ccccc21. The van der Waals surface area contributed by atoms with Crippen LogP contribution in [0.15, 0.2) is 35.7 Å². The van der Waals surface area contributed by atoms with Gasteiger partial charge >= 0.3 is 5.97 Å². The summed E-state index contributed by atoms with van der Waals surface area (Å²) in [5.41, 5.74) is 2.30. The summed E-state index contributed by atoms with van der Waals surface area (Å²) in [5, 5.41) is 6.01. The molecule has 3 aromatic rings. The van der Waals surface area contributed by atoms with E-state index >= 15 is 0 Å². The molecule has 0 aliphatic rings. The Morgan fingerprint density at radius 2 is 2.08 bits per heavy atom. The number of fused-ring (bicyclic) bond motifs is 1. The van der Waals surface area contributed by atoms with Gasteiger partial charge in [-0.15, -0.1) is 11.3 Å². The quantitative estimate of drug-likeness (QED) is 0.643. The number of nitrogens with zero attached hydrogens (tertiary/aromatic N) is 2. The molecule has 0 bridgehead atoms. The normalized spacial score (nSPS) is 10.8. The number of hydrogen-bond donors (Lipinski definition) is 1. The van der Waals surface area contributed by atoms with Crippen LogP contribution >= 0.6 is 11.3 Å². The first kappa shape index (κ1) is 18.1. The third kappa shape index (κ3) is 3.76. The monoisotopic (exact) mass is 373 g/mol. The Morgan fingerprint density at radius 1 is 1.27 bits per heavy atom. The zero-order valence-corrected chi connectivity index (χ0v) is 15.3. The van der Waals surface area contributed by atoms with Crippen LogP contribution in [0.4, 0.5) is 0 Å². The average molecular weight is 373 g/mol. The van der Waals surface area contributed by atoms with Gasteiger partial charge in [-0.25, -0.2) is 4.98 Å². The number of amides is 1. The Hall–Kier alpha value is -2.71. The smallest absolute Gasteiger partial charge is 0.325 e. The Morgan fingerprint density at radius 3 is 2.85 bits per heavy atom. The van der Waals surface area contributed by atoms with E-state index in [2.05, 4.69) is 25.7 Å². The summed E-state index contributed by atoms with van der Waals surface area (Å²) in [7, 11) is 2.94. The highest BCUT2D eigenvalue weighted by atomic mass is 32.1. The summed E-state index contributed by atoms with van der Waals surface area (Å²) in [6.07, 6.45) is 0. The summed E-state index contributed by atoms with van der Waals surface area (Å²) in [5.74, 6) is -0.911. The molecular formula is C18H19N3O4S. The lowest BCUT2D eigenvalue weighted by atomic mass is 10.2. The molecule has 0 saturated heterocycles. The number of nitrogens with one attached hydrogen (secondary N) is 1. The lowest BCUT2D eigenvalue weighted by Crippen LogP contribution is -2.30. The van der Waals surface area contributed by atoms with Crippen LogP contribution in [0.5, 0.6) is 0 Å². The molecule has 0 atom stereocenters. The van der Waals surface area contributed by atoms with Gasteiger partial charge in [-0.3, -0.25) is 9.59 Å². The fourth-order valence-corrected chi connectivity index (χ4v) is 3.45. The van der Waals surface area contributed by atoms with E-state index in [0.29, 0.717) is 13.2 Å². The van der Waals surface area contributed by atoms with Gasteiger partial charge in [0.25, 0.3) is 5.91 Å². The minimum Gasteiger partial charge on any atom is -0.468 e. The van der Waals surface area contributed by atoms with Gasteiger partial charge in [0, 0.05) is 29.9 Å². The van der Waals surface area contributed by atoms with Crippen LogP contribution in [0.25, 0.3) is 21.6 Å². The van der Waals surface area contributed by atoms with Gasteiger partial charge in [-0.05, 0) is 12.1 Å². The molecule has 2 aromatic heterocycles. The first-order valence-corrected chi connectivity index (χ1v) is 8.90. The standard InChI is InChI=1S/C18H19N3O4S/c1-24-8-7-21-14-6-4-3-5-12(14)9-15(21)18-20-13(11-26-18)17(23)19-10-16(22)25-2/h3-6,9,11H,7-8,10H2,1-2H3,(H,19,23).